The Bertz CT molecular complexity index is 1570. The lowest BCUT2D eigenvalue weighted by atomic mass is 9.95. The zero-order valence-electron chi connectivity index (χ0n) is 19.2. The van der Waals surface area contributed by atoms with Crippen molar-refractivity contribution < 1.29 is 9.53 Å². The van der Waals surface area contributed by atoms with Crippen LogP contribution in [0.1, 0.15) is 30.3 Å². The Hall–Kier alpha value is -3.75. The number of thiophene rings is 1. The number of thiazole rings is 1. The molecule has 0 saturated carbocycles. The fourth-order valence-corrected chi connectivity index (χ4v) is 5.83. The molecule has 0 radical (unpaired) electrons. The van der Waals surface area contributed by atoms with Gasteiger partial charge in [-0.05, 0) is 61.2 Å². The average Bonchev–Trinajstić information content (AvgIpc) is 3.47. The SMILES string of the molecule is CCOc1ccc(C2C(C(=O)Nc3ccccc3)=C(C)N=c3sc(=Cc4cccs4)c(=O)n32)cc1. The van der Waals surface area contributed by atoms with Gasteiger partial charge in [0, 0.05) is 10.6 Å². The summed E-state index contributed by atoms with van der Waals surface area (Å²) in [5.74, 6) is 0.446. The molecular weight excluding hydrogens is 478 g/mol. The molecule has 0 saturated heterocycles. The normalized spacial score (nSPS) is 15.5. The molecule has 1 atom stereocenters. The van der Waals surface area contributed by atoms with E-state index in [1.807, 2.05) is 92.0 Å². The summed E-state index contributed by atoms with van der Waals surface area (Å²) in [5.41, 5.74) is 2.34. The molecule has 3 heterocycles. The maximum Gasteiger partial charge on any atom is 0.271 e. The van der Waals surface area contributed by atoms with Gasteiger partial charge in [0.05, 0.1) is 28.5 Å². The second-order valence-corrected chi connectivity index (χ2v) is 9.91. The average molecular weight is 502 g/mol. The molecule has 1 N–H and O–H groups in total. The van der Waals surface area contributed by atoms with Gasteiger partial charge in [0.2, 0.25) is 0 Å². The molecule has 2 aromatic heterocycles. The van der Waals surface area contributed by atoms with Crippen LogP contribution in [0, 0.1) is 0 Å². The van der Waals surface area contributed by atoms with Crippen LogP contribution in [-0.2, 0) is 4.79 Å². The fraction of sp³-hybridized carbons (Fsp3) is 0.148. The van der Waals surface area contributed by atoms with E-state index in [1.54, 1.807) is 15.9 Å². The van der Waals surface area contributed by atoms with Gasteiger partial charge in [-0.3, -0.25) is 14.2 Å². The number of carbonyl (C=O) groups excluding carboxylic acids is 1. The first kappa shape index (κ1) is 23.0. The number of nitrogens with zero attached hydrogens (tertiary/aromatic N) is 2. The Labute approximate surface area is 210 Å². The van der Waals surface area contributed by atoms with Crippen LogP contribution in [0.25, 0.3) is 6.08 Å². The van der Waals surface area contributed by atoms with Crippen molar-refractivity contribution in [2.24, 2.45) is 4.99 Å². The number of carbonyl (C=O) groups is 1. The maximum atomic E-state index is 13.6. The standard InChI is InChI=1S/C27H23N3O3S2/c1-3-33-20-13-11-18(12-14-20)24-23(25(31)29-19-8-5-4-6-9-19)17(2)28-27-30(24)26(32)22(35-27)16-21-10-7-15-34-21/h4-16,24H,3H2,1-2H3,(H,29,31). The van der Waals surface area contributed by atoms with Gasteiger partial charge in [-0.2, -0.15) is 0 Å². The third-order valence-corrected chi connectivity index (χ3v) is 7.42. The van der Waals surface area contributed by atoms with Crippen molar-refractivity contribution in [1.82, 2.24) is 4.57 Å². The van der Waals surface area contributed by atoms with E-state index in [-0.39, 0.29) is 11.5 Å². The van der Waals surface area contributed by atoms with Crippen LogP contribution in [0.5, 0.6) is 5.75 Å². The third kappa shape index (κ3) is 4.62. The molecule has 1 amide bonds. The summed E-state index contributed by atoms with van der Waals surface area (Å²) in [6, 6.07) is 20.1. The van der Waals surface area contributed by atoms with Crippen molar-refractivity contribution in [1.29, 1.82) is 0 Å². The summed E-state index contributed by atoms with van der Waals surface area (Å²) in [4.78, 5) is 33.4. The number of anilines is 1. The second-order valence-electron chi connectivity index (χ2n) is 7.92. The molecule has 0 spiro atoms. The van der Waals surface area contributed by atoms with Crippen LogP contribution in [-0.4, -0.2) is 17.1 Å². The van der Waals surface area contributed by atoms with Gasteiger partial charge in [-0.1, -0.05) is 47.7 Å². The highest BCUT2D eigenvalue weighted by atomic mass is 32.1. The maximum absolute atomic E-state index is 13.6. The van der Waals surface area contributed by atoms with E-state index >= 15 is 0 Å². The van der Waals surface area contributed by atoms with Gasteiger partial charge in [0.15, 0.2) is 4.80 Å². The predicted molar refractivity (Wildman–Crippen MR) is 141 cm³/mol. The lowest BCUT2D eigenvalue weighted by molar-refractivity contribution is -0.113. The summed E-state index contributed by atoms with van der Waals surface area (Å²) in [5, 5.41) is 4.94. The number of fused-ring (bicyclic) bond motifs is 1. The van der Waals surface area contributed by atoms with E-state index < -0.39 is 6.04 Å². The molecule has 0 aliphatic carbocycles. The number of allylic oxidation sites excluding steroid dienone is 1. The number of aromatic nitrogens is 1. The summed E-state index contributed by atoms with van der Waals surface area (Å²) >= 11 is 2.90. The van der Waals surface area contributed by atoms with Crippen molar-refractivity contribution in [3.63, 3.8) is 0 Å². The largest absolute Gasteiger partial charge is 0.494 e. The van der Waals surface area contributed by atoms with Crippen molar-refractivity contribution in [3.05, 3.63) is 114 Å². The van der Waals surface area contributed by atoms with Crippen LogP contribution in [0.4, 0.5) is 5.69 Å². The molecule has 1 aliphatic heterocycles. The minimum atomic E-state index is -0.615. The molecule has 5 rings (SSSR count). The first-order valence-electron chi connectivity index (χ1n) is 11.2. The van der Waals surface area contributed by atoms with Crippen LogP contribution in [0.2, 0.25) is 0 Å². The summed E-state index contributed by atoms with van der Waals surface area (Å²) in [7, 11) is 0. The Balaban J connectivity index is 1.66. The van der Waals surface area contributed by atoms with E-state index in [1.165, 1.54) is 11.3 Å². The zero-order valence-corrected chi connectivity index (χ0v) is 20.9. The first-order chi connectivity index (χ1) is 17.0. The molecule has 0 bridgehead atoms. The topological polar surface area (TPSA) is 72.7 Å². The van der Waals surface area contributed by atoms with Crippen LogP contribution in [0.3, 0.4) is 0 Å². The van der Waals surface area contributed by atoms with Gasteiger partial charge < -0.3 is 10.1 Å². The van der Waals surface area contributed by atoms with Gasteiger partial charge in [-0.25, -0.2) is 4.99 Å². The van der Waals surface area contributed by atoms with E-state index in [0.29, 0.717) is 32.9 Å². The van der Waals surface area contributed by atoms with Gasteiger partial charge >= 0.3 is 0 Å². The number of para-hydroxylation sites is 1. The molecule has 1 unspecified atom stereocenters. The monoisotopic (exact) mass is 501 g/mol. The molecule has 6 nitrogen and oxygen atoms in total. The van der Waals surface area contributed by atoms with Crippen molar-refractivity contribution in [3.8, 4) is 5.75 Å². The van der Waals surface area contributed by atoms with E-state index in [0.717, 1.165) is 16.2 Å². The molecule has 4 aromatic rings. The Morgan fingerprint density at radius 2 is 1.89 bits per heavy atom. The third-order valence-electron chi connectivity index (χ3n) is 5.62. The van der Waals surface area contributed by atoms with Gasteiger partial charge in [0.1, 0.15) is 5.75 Å². The van der Waals surface area contributed by atoms with Crippen LogP contribution < -0.4 is 24.9 Å². The lowest BCUT2D eigenvalue weighted by Gasteiger charge is -2.25. The van der Waals surface area contributed by atoms with Crippen molar-refractivity contribution >= 4 is 40.3 Å². The number of rotatable bonds is 6. The number of hydrogen-bond donors (Lipinski definition) is 1. The highest BCUT2D eigenvalue weighted by Gasteiger charge is 2.32. The number of ether oxygens (including phenoxy) is 1. The number of nitrogens with one attached hydrogen (secondary N) is 1. The number of hydrogen-bond acceptors (Lipinski definition) is 6. The minimum Gasteiger partial charge on any atom is -0.494 e. The van der Waals surface area contributed by atoms with E-state index in [9.17, 15) is 9.59 Å². The summed E-state index contributed by atoms with van der Waals surface area (Å²) < 4.78 is 7.81. The van der Waals surface area contributed by atoms with Crippen molar-refractivity contribution in [2.45, 2.75) is 19.9 Å². The molecule has 8 heteroatoms. The lowest BCUT2D eigenvalue weighted by Crippen LogP contribution is -2.40. The molecule has 0 fully saturated rings. The molecule has 2 aromatic carbocycles. The zero-order chi connectivity index (χ0) is 24.4. The summed E-state index contributed by atoms with van der Waals surface area (Å²) in [6.07, 6.45) is 1.88. The second kappa shape index (κ2) is 9.85. The van der Waals surface area contributed by atoms with Crippen LogP contribution >= 0.6 is 22.7 Å². The van der Waals surface area contributed by atoms with E-state index in [2.05, 4.69) is 10.3 Å². The number of benzene rings is 2. The molecule has 176 valence electrons. The Kier molecular flexibility index (Phi) is 6.48. The smallest absolute Gasteiger partial charge is 0.271 e. The van der Waals surface area contributed by atoms with Crippen molar-refractivity contribution in [2.75, 3.05) is 11.9 Å². The van der Waals surface area contributed by atoms with Crippen LogP contribution in [0.15, 0.2) is 93.2 Å². The highest BCUT2D eigenvalue weighted by molar-refractivity contribution is 7.11. The molecule has 35 heavy (non-hydrogen) atoms. The fourth-order valence-electron chi connectivity index (χ4n) is 4.06. The Morgan fingerprint density at radius 3 is 2.57 bits per heavy atom. The number of amides is 1. The quantitative estimate of drug-likeness (QED) is 0.427. The van der Waals surface area contributed by atoms with Gasteiger partial charge in [0.25, 0.3) is 11.5 Å². The first-order valence-corrected chi connectivity index (χ1v) is 12.9. The molecular formula is C27H23N3O3S2. The Morgan fingerprint density at radius 1 is 1.11 bits per heavy atom. The molecule has 1 aliphatic rings. The van der Waals surface area contributed by atoms with E-state index in [4.69, 9.17) is 4.74 Å². The van der Waals surface area contributed by atoms with Gasteiger partial charge in [-0.15, -0.1) is 11.3 Å². The summed E-state index contributed by atoms with van der Waals surface area (Å²) in [6.45, 7) is 4.30. The predicted octanol–water partition coefficient (Wildman–Crippen LogP) is 4.33. The highest BCUT2D eigenvalue weighted by Crippen LogP contribution is 2.31. The minimum absolute atomic E-state index is 0.168.